The Morgan fingerprint density at radius 2 is 1.90 bits per heavy atom. The van der Waals surface area contributed by atoms with E-state index in [0.29, 0.717) is 22.7 Å². The van der Waals surface area contributed by atoms with Gasteiger partial charge in [-0.1, -0.05) is 49.2 Å². The zero-order chi connectivity index (χ0) is 21.2. The van der Waals surface area contributed by atoms with Gasteiger partial charge in [0, 0.05) is 11.3 Å². The molecule has 150 valence electrons. The van der Waals surface area contributed by atoms with Crippen molar-refractivity contribution in [3.8, 4) is 17.6 Å². The van der Waals surface area contributed by atoms with Crippen LogP contribution in [0.25, 0.3) is 0 Å². The Hall–Kier alpha value is -2.68. The van der Waals surface area contributed by atoms with E-state index in [0.717, 1.165) is 0 Å². The molecule has 7 heteroatoms. The number of nitrogens with zero attached hydrogens (tertiary/aromatic N) is 1. The molecule has 2 aromatic rings. The van der Waals surface area contributed by atoms with Crippen LogP contribution in [0.1, 0.15) is 25.5 Å². The zero-order valence-electron chi connectivity index (χ0n) is 15.9. The summed E-state index contributed by atoms with van der Waals surface area (Å²) in [6.07, 6.45) is 0.585. The third kappa shape index (κ3) is 4.84. The molecule has 29 heavy (non-hydrogen) atoms. The van der Waals surface area contributed by atoms with E-state index in [9.17, 15) is 10.1 Å². The Balaban J connectivity index is 1.72. The number of esters is 1. The number of carbonyl (C=O) groups excluding carboxylic acids is 1. The van der Waals surface area contributed by atoms with Crippen molar-refractivity contribution in [1.82, 2.24) is 0 Å². The van der Waals surface area contributed by atoms with E-state index in [2.05, 4.69) is 0 Å². The van der Waals surface area contributed by atoms with Gasteiger partial charge in [0.2, 0.25) is 6.10 Å². The molecule has 3 atom stereocenters. The summed E-state index contributed by atoms with van der Waals surface area (Å²) in [7, 11) is 0. The molecule has 1 unspecified atom stereocenters. The summed E-state index contributed by atoms with van der Waals surface area (Å²) in [5.41, 5.74) is 6.50. The largest absolute Gasteiger partial charge is 0.457 e. The second kappa shape index (κ2) is 8.36. The standard InChI is InChI=1S/C22H20Cl2N2O3/c1-22(2)17(11-19(23)24)20(22)21(27)29-18(12-25)13-4-3-5-16(10-13)28-15-8-6-14(26)7-9-15/h3-11,17-18,20H,26H2,1-2H3/t17-,18?,20-/m1/s1. The summed E-state index contributed by atoms with van der Waals surface area (Å²) < 4.78 is 11.4. The topological polar surface area (TPSA) is 85.3 Å². The van der Waals surface area contributed by atoms with Crippen LogP contribution in [0.3, 0.4) is 0 Å². The number of anilines is 1. The molecule has 1 saturated carbocycles. The first-order chi connectivity index (χ1) is 13.7. The minimum Gasteiger partial charge on any atom is -0.457 e. The van der Waals surface area contributed by atoms with Crippen molar-refractivity contribution >= 4 is 34.9 Å². The second-order valence-electron chi connectivity index (χ2n) is 7.47. The molecule has 5 nitrogen and oxygen atoms in total. The van der Waals surface area contributed by atoms with Gasteiger partial charge in [-0.2, -0.15) is 5.26 Å². The predicted molar refractivity (Wildman–Crippen MR) is 112 cm³/mol. The van der Waals surface area contributed by atoms with Crippen LogP contribution < -0.4 is 10.5 Å². The maximum atomic E-state index is 12.6. The van der Waals surface area contributed by atoms with Crippen LogP contribution in [0.15, 0.2) is 59.1 Å². The number of nitrogens with two attached hydrogens (primary N) is 1. The van der Waals surface area contributed by atoms with Gasteiger partial charge in [0.05, 0.1) is 5.92 Å². The van der Waals surface area contributed by atoms with Crippen molar-refractivity contribution in [3.05, 3.63) is 64.7 Å². The fraction of sp³-hybridized carbons (Fsp3) is 0.273. The molecule has 0 bridgehead atoms. The Kier molecular flexibility index (Phi) is 6.07. The Bertz CT molecular complexity index is 976. The average Bonchev–Trinajstić information content (AvgIpc) is 3.21. The lowest BCUT2D eigenvalue weighted by molar-refractivity contribution is -0.149. The van der Waals surface area contributed by atoms with Gasteiger partial charge in [-0.05, 0) is 53.8 Å². The summed E-state index contributed by atoms with van der Waals surface area (Å²) >= 11 is 11.5. The summed E-state index contributed by atoms with van der Waals surface area (Å²) in [6, 6.07) is 15.9. The third-order valence-electron chi connectivity index (χ3n) is 5.10. The molecule has 0 amide bonds. The Morgan fingerprint density at radius 3 is 2.52 bits per heavy atom. The smallest absolute Gasteiger partial charge is 0.311 e. The molecular weight excluding hydrogens is 411 g/mol. The van der Waals surface area contributed by atoms with Gasteiger partial charge < -0.3 is 15.2 Å². The van der Waals surface area contributed by atoms with Crippen molar-refractivity contribution in [2.45, 2.75) is 20.0 Å². The molecule has 1 fully saturated rings. The number of benzene rings is 2. The highest BCUT2D eigenvalue weighted by Gasteiger charge is 2.62. The number of carbonyl (C=O) groups is 1. The Morgan fingerprint density at radius 1 is 1.21 bits per heavy atom. The van der Waals surface area contributed by atoms with Gasteiger partial charge in [-0.25, -0.2) is 0 Å². The molecule has 0 aliphatic heterocycles. The number of halogens is 2. The number of allylic oxidation sites excluding steroid dienone is 1. The van der Waals surface area contributed by atoms with E-state index in [-0.39, 0.29) is 15.8 Å². The van der Waals surface area contributed by atoms with Gasteiger partial charge in [0.1, 0.15) is 22.1 Å². The minimum absolute atomic E-state index is 0.114. The zero-order valence-corrected chi connectivity index (χ0v) is 17.4. The molecule has 0 aromatic heterocycles. The van der Waals surface area contributed by atoms with Crippen LogP contribution >= 0.6 is 23.2 Å². The Labute approximate surface area is 179 Å². The van der Waals surface area contributed by atoms with Gasteiger partial charge in [-0.15, -0.1) is 0 Å². The molecule has 2 aromatic carbocycles. The number of rotatable bonds is 6. The first-order valence-corrected chi connectivity index (χ1v) is 9.74. The molecular formula is C22H20Cl2N2O3. The van der Waals surface area contributed by atoms with E-state index in [4.69, 9.17) is 38.4 Å². The molecule has 0 spiro atoms. The highest BCUT2D eigenvalue weighted by atomic mass is 35.5. The highest BCUT2D eigenvalue weighted by molar-refractivity contribution is 6.55. The monoisotopic (exact) mass is 430 g/mol. The molecule has 1 aliphatic rings. The van der Waals surface area contributed by atoms with E-state index >= 15 is 0 Å². The first kappa shape index (κ1) is 21.0. The molecule has 0 saturated heterocycles. The van der Waals surface area contributed by atoms with Crippen LogP contribution in [0.5, 0.6) is 11.5 Å². The molecule has 0 radical (unpaired) electrons. The lowest BCUT2D eigenvalue weighted by atomic mass is 10.1. The van der Waals surface area contributed by atoms with Gasteiger partial charge in [0.15, 0.2) is 0 Å². The lowest BCUT2D eigenvalue weighted by Crippen LogP contribution is -2.14. The maximum Gasteiger partial charge on any atom is 0.311 e. The van der Waals surface area contributed by atoms with Gasteiger partial charge in [0.25, 0.3) is 0 Å². The first-order valence-electron chi connectivity index (χ1n) is 8.98. The van der Waals surface area contributed by atoms with Crippen molar-refractivity contribution in [2.75, 3.05) is 5.73 Å². The molecule has 3 rings (SSSR count). The predicted octanol–water partition coefficient (Wildman–Crippen LogP) is 5.76. The normalized spacial score (nSPS) is 20.1. The van der Waals surface area contributed by atoms with Crippen molar-refractivity contribution in [3.63, 3.8) is 0 Å². The number of hydrogen-bond acceptors (Lipinski definition) is 5. The van der Waals surface area contributed by atoms with E-state index in [1.165, 1.54) is 0 Å². The minimum atomic E-state index is -1.05. The van der Waals surface area contributed by atoms with Gasteiger partial charge in [-0.3, -0.25) is 4.79 Å². The van der Waals surface area contributed by atoms with Crippen LogP contribution in [0.2, 0.25) is 0 Å². The molecule has 1 aliphatic carbocycles. The number of hydrogen-bond donors (Lipinski definition) is 1. The van der Waals surface area contributed by atoms with Gasteiger partial charge >= 0.3 is 5.97 Å². The average molecular weight is 431 g/mol. The van der Waals surface area contributed by atoms with Crippen LogP contribution in [0, 0.1) is 28.6 Å². The van der Waals surface area contributed by atoms with Crippen molar-refractivity contribution in [2.24, 2.45) is 17.3 Å². The molecule has 0 heterocycles. The van der Waals surface area contributed by atoms with E-state index in [1.807, 2.05) is 19.9 Å². The fourth-order valence-corrected chi connectivity index (χ4v) is 3.62. The summed E-state index contributed by atoms with van der Waals surface area (Å²) in [5, 5.41) is 9.55. The SMILES string of the molecule is CC1(C)[C@H](C=C(Cl)Cl)[C@@H]1C(=O)OC(C#N)c1cccc(Oc2ccc(N)cc2)c1. The quantitative estimate of drug-likeness (QED) is 0.464. The van der Waals surface area contributed by atoms with Crippen molar-refractivity contribution < 1.29 is 14.3 Å². The number of ether oxygens (including phenoxy) is 2. The second-order valence-corrected chi connectivity index (χ2v) is 8.48. The van der Waals surface area contributed by atoms with Crippen molar-refractivity contribution in [1.29, 1.82) is 5.26 Å². The van der Waals surface area contributed by atoms with E-state index < -0.39 is 18.0 Å². The van der Waals surface area contributed by atoms with E-state index in [1.54, 1.807) is 54.6 Å². The fourth-order valence-electron chi connectivity index (χ4n) is 3.35. The maximum absolute atomic E-state index is 12.6. The third-order valence-corrected chi connectivity index (χ3v) is 5.35. The van der Waals surface area contributed by atoms with Crippen LogP contribution in [-0.4, -0.2) is 5.97 Å². The van der Waals surface area contributed by atoms with Crippen LogP contribution in [-0.2, 0) is 9.53 Å². The summed E-state index contributed by atoms with van der Waals surface area (Å²) in [5.74, 6) is 0.140. The number of nitrogen functional groups attached to an aromatic ring is 1. The highest BCUT2D eigenvalue weighted by Crippen LogP contribution is 2.60. The lowest BCUT2D eigenvalue weighted by Gasteiger charge is -2.13. The van der Waals surface area contributed by atoms with Crippen LogP contribution in [0.4, 0.5) is 5.69 Å². The summed E-state index contributed by atoms with van der Waals surface area (Å²) in [4.78, 5) is 12.6. The summed E-state index contributed by atoms with van der Waals surface area (Å²) in [6.45, 7) is 3.86. The number of nitriles is 1. The molecule has 2 N–H and O–H groups in total.